The fraction of sp³-hybridized carbons (Fsp3) is 0.333. The molecule has 1 fully saturated rings. The van der Waals surface area contributed by atoms with Gasteiger partial charge in [0, 0.05) is 22.8 Å². The second kappa shape index (κ2) is 8.12. The number of hydrogen-bond acceptors (Lipinski definition) is 4. The van der Waals surface area contributed by atoms with E-state index in [0.717, 1.165) is 14.9 Å². The van der Waals surface area contributed by atoms with Gasteiger partial charge in [0.25, 0.3) is 5.91 Å². The first-order valence-electron chi connectivity index (χ1n) is 8.02. The zero-order valence-electron chi connectivity index (χ0n) is 13.8. The minimum Gasteiger partial charge on any atom is -0.370 e. The van der Waals surface area contributed by atoms with Crippen molar-refractivity contribution in [2.75, 3.05) is 19.7 Å². The number of rotatable bonds is 4. The van der Waals surface area contributed by atoms with Gasteiger partial charge in [0.2, 0.25) is 5.91 Å². The maximum atomic E-state index is 12.8. The molecule has 0 saturated carbocycles. The minimum atomic E-state index is -0.107. The maximum Gasteiger partial charge on any atom is 0.264 e. The van der Waals surface area contributed by atoms with Gasteiger partial charge in [-0.25, -0.2) is 0 Å². The number of halogens is 1. The summed E-state index contributed by atoms with van der Waals surface area (Å²) in [4.78, 5) is 27.3. The van der Waals surface area contributed by atoms with Crippen LogP contribution in [0.15, 0.2) is 40.9 Å². The monoisotopic (exact) mass is 422 g/mol. The summed E-state index contributed by atoms with van der Waals surface area (Å²) in [5, 5.41) is 2.75. The van der Waals surface area contributed by atoms with Crippen molar-refractivity contribution >= 4 is 39.1 Å². The predicted molar refractivity (Wildman–Crippen MR) is 101 cm³/mol. The molecule has 5 nitrogen and oxygen atoms in total. The van der Waals surface area contributed by atoms with E-state index in [1.54, 1.807) is 0 Å². The number of nitrogens with zero attached hydrogens (tertiary/aromatic N) is 1. The van der Waals surface area contributed by atoms with Crippen LogP contribution in [0.5, 0.6) is 0 Å². The summed E-state index contributed by atoms with van der Waals surface area (Å²) in [5.74, 6) is -0.0590. The molecule has 0 bridgehead atoms. The van der Waals surface area contributed by atoms with E-state index in [1.807, 2.05) is 41.3 Å². The maximum absolute atomic E-state index is 12.8. The van der Waals surface area contributed by atoms with Gasteiger partial charge in [-0.15, -0.1) is 11.3 Å². The largest absolute Gasteiger partial charge is 0.370 e. The zero-order chi connectivity index (χ0) is 17.8. The van der Waals surface area contributed by atoms with Crippen molar-refractivity contribution in [1.29, 1.82) is 0 Å². The molecule has 1 aromatic heterocycles. The normalized spacial score (nSPS) is 17.4. The molecule has 25 heavy (non-hydrogen) atoms. The molecule has 1 saturated heterocycles. The molecule has 1 aliphatic heterocycles. The highest BCUT2D eigenvalue weighted by Gasteiger charge is 2.26. The Hall–Kier alpha value is -1.70. The molecule has 2 heterocycles. The van der Waals surface area contributed by atoms with Gasteiger partial charge in [0.15, 0.2) is 0 Å². The standard InChI is InChI=1S/C18H19BrN2O3S/c1-12(22)20-10-15-6-7-17(25-15)18(23)21-8-9-24-16(11-21)13-2-4-14(19)5-3-13/h2-7,16H,8-11H2,1H3,(H,20,22). The van der Waals surface area contributed by atoms with Crippen molar-refractivity contribution in [2.24, 2.45) is 0 Å². The molecule has 1 aromatic carbocycles. The van der Waals surface area contributed by atoms with Crippen LogP contribution >= 0.6 is 27.3 Å². The van der Waals surface area contributed by atoms with Crippen LogP contribution in [0.3, 0.4) is 0 Å². The van der Waals surface area contributed by atoms with Gasteiger partial charge in [-0.1, -0.05) is 28.1 Å². The molecule has 2 amide bonds. The third-order valence-electron chi connectivity index (χ3n) is 3.98. The molecular weight excluding hydrogens is 404 g/mol. The number of carbonyl (C=O) groups excluding carboxylic acids is 2. The summed E-state index contributed by atoms with van der Waals surface area (Å²) in [6.45, 7) is 3.59. The number of carbonyl (C=O) groups is 2. The summed E-state index contributed by atoms with van der Waals surface area (Å²) in [6.07, 6.45) is -0.107. The molecule has 1 unspecified atom stereocenters. The minimum absolute atomic E-state index is 0.0180. The van der Waals surface area contributed by atoms with Crippen LogP contribution in [-0.4, -0.2) is 36.4 Å². The van der Waals surface area contributed by atoms with Crippen LogP contribution < -0.4 is 5.32 Å². The highest BCUT2D eigenvalue weighted by molar-refractivity contribution is 9.10. The van der Waals surface area contributed by atoms with Gasteiger partial charge >= 0.3 is 0 Å². The molecule has 132 valence electrons. The van der Waals surface area contributed by atoms with Crippen LogP contribution in [0.1, 0.15) is 33.1 Å². The second-order valence-corrected chi connectivity index (χ2v) is 7.92. The lowest BCUT2D eigenvalue weighted by Gasteiger charge is -2.33. The van der Waals surface area contributed by atoms with Crippen molar-refractivity contribution in [1.82, 2.24) is 10.2 Å². The van der Waals surface area contributed by atoms with E-state index < -0.39 is 0 Å². The van der Waals surface area contributed by atoms with Crippen molar-refractivity contribution in [3.05, 3.63) is 56.2 Å². The van der Waals surface area contributed by atoms with Gasteiger partial charge < -0.3 is 15.0 Å². The lowest BCUT2D eigenvalue weighted by atomic mass is 10.1. The highest BCUT2D eigenvalue weighted by atomic mass is 79.9. The van der Waals surface area contributed by atoms with E-state index in [4.69, 9.17) is 4.74 Å². The van der Waals surface area contributed by atoms with E-state index in [1.165, 1.54) is 18.3 Å². The van der Waals surface area contributed by atoms with Crippen LogP contribution in [0.2, 0.25) is 0 Å². The molecule has 1 aliphatic rings. The molecule has 0 spiro atoms. The summed E-state index contributed by atoms with van der Waals surface area (Å²) in [7, 11) is 0. The zero-order valence-corrected chi connectivity index (χ0v) is 16.2. The molecule has 0 aliphatic carbocycles. The fourth-order valence-electron chi connectivity index (χ4n) is 2.67. The van der Waals surface area contributed by atoms with Crippen LogP contribution in [0.25, 0.3) is 0 Å². The molecule has 0 radical (unpaired) electrons. The molecule has 7 heteroatoms. The number of nitrogens with one attached hydrogen (secondary N) is 1. The summed E-state index contributed by atoms with van der Waals surface area (Å²) in [6, 6.07) is 11.7. The molecule has 1 atom stereocenters. The van der Waals surface area contributed by atoms with Gasteiger partial charge in [-0.2, -0.15) is 0 Å². The lowest BCUT2D eigenvalue weighted by molar-refractivity contribution is -0.119. The van der Waals surface area contributed by atoms with Crippen molar-refractivity contribution in [3.8, 4) is 0 Å². The Balaban J connectivity index is 1.65. The average molecular weight is 423 g/mol. The quantitative estimate of drug-likeness (QED) is 0.821. The Bertz CT molecular complexity index is 760. The van der Waals surface area contributed by atoms with Crippen molar-refractivity contribution in [3.63, 3.8) is 0 Å². The first-order valence-corrected chi connectivity index (χ1v) is 9.63. The van der Waals surface area contributed by atoms with Gasteiger partial charge in [0.05, 0.1) is 24.6 Å². The van der Waals surface area contributed by atoms with E-state index in [-0.39, 0.29) is 17.9 Å². The topological polar surface area (TPSA) is 58.6 Å². The third kappa shape index (κ3) is 4.68. The SMILES string of the molecule is CC(=O)NCc1ccc(C(=O)N2CCOC(c3ccc(Br)cc3)C2)s1. The van der Waals surface area contributed by atoms with E-state index in [2.05, 4.69) is 21.2 Å². The molecular formula is C18H19BrN2O3S. The first-order chi connectivity index (χ1) is 12.0. The van der Waals surface area contributed by atoms with Crippen LogP contribution in [0.4, 0.5) is 0 Å². The van der Waals surface area contributed by atoms with Crippen molar-refractivity contribution < 1.29 is 14.3 Å². The summed E-state index contributed by atoms with van der Waals surface area (Å²) >= 11 is 4.85. The van der Waals surface area contributed by atoms with E-state index >= 15 is 0 Å². The highest BCUT2D eigenvalue weighted by Crippen LogP contribution is 2.26. The number of benzene rings is 1. The Morgan fingerprint density at radius 1 is 1.28 bits per heavy atom. The summed E-state index contributed by atoms with van der Waals surface area (Å²) in [5.41, 5.74) is 1.07. The van der Waals surface area contributed by atoms with E-state index in [0.29, 0.717) is 31.1 Å². The smallest absolute Gasteiger partial charge is 0.264 e. The second-order valence-electron chi connectivity index (χ2n) is 5.84. The first kappa shape index (κ1) is 18.1. The predicted octanol–water partition coefficient (Wildman–Crippen LogP) is 3.36. The summed E-state index contributed by atoms with van der Waals surface area (Å²) < 4.78 is 6.86. The Kier molecular flexibility index (Phi) is 5.88. The third-order valence-corrected chi connectivity index (χ3v) is 5.58. The fourth-order valence-corrected chi connectivity index (χ4v) is 3.85. The van der Waals surface area contributed by atoms with E-state index in [9.17, 15) is 9.59 Å². The molecule has 3 rings (SSSR count). The number of morpholine rings is 1. The Morgan fingerprint density at radius 2 is 2.04 bits per heavy atom. The molecule has 1 N–H and O–H groups in total. The molecule has 2 aromatic rings. The van der Waals surface area contributed by atoms with Crippen LogP contribution in [-0.2, 0) is 16.1 Å². The van der Waals surface area contributed by atoms with Crippen LogP contribution in [0, 0.1) is 0 Å². The number of hydrogen-bond donors (Lipinski definition) is 1. The Morgan fingerprint density at radius 3 is 2.76 bits per heavy atom. The number of amides is 2. The van der Waals surface area contributed by atoms with Crippen molar-refractivity contribution in [2.45, 2.75) is 19.6 Å². The van der Waals surface area contributed by atoms with Gasteiger partial charge in [-0.05, 0) is 29.8 Å². The average Bonchev–Trinajstić information content (AvgIpc) is 3.09. The number of ether oxygens (including phenoxy) is 1. The van der Waals surface area contributed by atoms with Gasteiger partial charge in [-0.3, -0.25) is 9.59 Å². The van der Waals surface area contributed by atoms with Gasteiger partial charge in [0.1, 0.15) is 6.10 Å². The lowest BCUT2D eigenvalue weighted by Crippen LogP contribution is -2.42. The number of thiophene rings is 1. The Labute approximate surface area is 159 Å².